The van der Waals surface area contributed by atoms with Crippen LogP contribution in [-0.2, 0) is 28.8 Å². The summed E-state index contributed by atoms with van der Waals surface area (Å²) >= 11 is 3.94. The van der Waals surface area contributed by atoms with E-state index in [2.05, 4.69) is 23.3 Å². The summed E-state index contributed by atoms with van der Waals surface area (Å²) in [4.78, 5) is 71.5. The lowest BCUT2D eigenvalue weighted by Crippen LogP contribution is -2.58. The van der Waals surface area contributed by atoms with Gasteiger partial charge in [0.25, 0.3) is 0 Å². The predicted molar refractivity (Wildman–Crippen MR) is 104 cm³/mol. The van der Waals surface area contributed by atoms with Gasteiger partial charge in [0.05, 0.1) is 18.9 Å². The van der Waals surface area contributed by atoms with Crippen molar-refractivity contribution in [3.05, 3.63) is 0 Å². The summed E-state index contributed by atoms with van der Waals surface area (Å²) < 4.78 is 0. The quantitative estimate of drug-likeness (QED) is 0.157. The van der Waals surface area contributed by atoms with Crippen molar-refractivity contribution in [2.45, 2.75) is 49.9 Å². The number of aliphatic carboxylic acids is 2. The average Bonchev–Trinajstić information content (AvgIpc) is 3.13. The van der Waals surface area contributed by atoms with Crippen molar-refractivity contribution < 1.29 is 39.0 Å². The summed E-state index contributed by atoms with van der Waals surface area (Å²) in [5.41, 5.74) is 10.5. The molecule has 0 aliphatic carbocycles. The van der Waals surface area contributed by atoms with Gasteiger partial charge in [0.2, 0.25) is 23.6 Å². The van der Waals surface area contributed by atoms with E-state index in [0.717, 1.165) is 4.90 Å². The summed E-state index contributed by atoms with van der Waals surface area (Å²) in [5, 5.41) is 22.8. The van der Waals surface area contributed by atoms with Crippen molar-refractivity contribution in [3.8, 4) is 0 Å². The van der Waals surface area contributed by atoms with Gasteiger partial charge in [-0.25, -0.2) is 4.79 Å². The van der Waals surface area contributed by atoms with Crippen LogP contribution in [0.3, 0.4) is 0 Å². The smallest absolute Gasteiger partial charge is 0.326 e. The van der Waals surface area contributed by atoms with Crippen LogP contribution in [0.1, 0.15) is 25.7 Å². The molecule has 4 atom stereocenters. The Balaban J connectivity index is 2.89. The summed E-state index contributed by atoms with van der Waals surface area (Å²) in [5.74, 6) is -6.32. The third kappa shape index (κ3) is 7.18. The predicted octanol–water partition coefficient (Wildman–Crippen LogP) is -3.36. The van der Waals surface area contributed by atoms with E-state index in [-0.39, 0.29) is 18.7 Å². The zero-order valence-electron chi connectivity index (χ0n) is 15.9. The minimum Gasteiger partial charge on any atom is -0.481 e. The molecule has 0 aromatic rings. The zero-order chi connectivity index (χ0) is 23.0. The van der Waals surface area contributed by atoms with Crippen LogP contribution in [0.2, 0.25) is 0 Å². The van der Waals surface area contributed by atoms with Gasteiger partial charge in [-0.2, -0.15) is 12.6 Å². The number of carbonyl (C=O) groups is 6. The largest absolute Gasteiger partial charge is 0.481 e. The molecule has 0 bridgehead atoms. The first kappa shape index (κ1) is 25.2. The number of hydrogen-bond donors (Lipinski definition) is 7. The van der Waals surface area contributed by atoms with E-state index in [4.69, 9.17) is 16.6 Å². The first-order valence-corrected chi connectivity index (χ1v) is 9.61. The van der Waals surface area contributed by atoms with Gasteiger partial charge in [0.1, 0.15) is 18.1 Å². The normalized spacial score (nSPS) is 18.7. The van der Waals surface area contributed by atoms with Crippen molar-refractivity contribution in [1.29, 1.82) is 0 Å². The molecule has 8 N–H and O–H groups in total. The molecule has 1 rings (SSSR count). The number of likely N-dealkylation sites (tertiary alicyclic amines) is 1. The fourth-order valence-electron chi connectivity index (χ4n) is 2.92. The van der Waals surface area contributed by atoms with E-state index >= 15 is 0 Å². The molecule has 0 aromatic carbocycles. The molecule has 1 heterocycles. The van der Waals surface area contributed by atoms with Crippen LogP contribution in [0.5, 0.6) is 0 Å². The maximum absolute atomic E-state index is 12.7. The van der Waals surface area contributed by atoms with Gasteiger partial charge < -0.3 is 37.2 Å². The van der Waals surface area contributed by atoms with Gasteiger partial charge in [0, 0.05) is 12.3 Å². The zero-order valence-corrected chi connectivity index (χ0v) is 16.8. The van der Waals surface area contributed by atoms with E-state index in [9.17, 15) is 33.9 Å². The average molecular weight is 447 g/mol. The second-order valence-electron chi connectivity index (χ2n) is 6.71. The van der Waals surface area contributed by atoms with Crippen molar-refractivity contribution in [1.82, 2.24) is 15.5 Å². The Morgan fingerprint density at radius 3 is 2.13 bits per heavy atom. The number of hydrogen-bond acceptors (Lipinski definition) is 8. The van der Waals surface area contributed by atoms with Crippen molar-refractivity contribution in [2.24, 2.45) is 11.5 Å². The second-order valence-corrected chi connectivity index (χ2v) is 7.07. The molecule has 1 saturated heterocycles. The summed E-state index contributed by atoms with van der Waals surface area (Å²) in [6.45, 7) is 0.108. The van der Waals surface area contributed by atoms with Crippen LogP contribution < -0.4 is 22.1 Å². The number of nitrogens with one attached hydrogen (secondary N) is 2. The SMILES string of the molecule is NC(=O)CC(N)C(=O)NC(CS)C(=O)NC(CC(=O)O)C(=O)N1CCCC1C(=O)O. The molecule has 0 saturated carbocycles. The Hall–Kier alpha value is -2.87. The molecule has 4 unspecified atom stereocenters. The maximum Gasteiger partial charge on any atom is 0.326 e. The van der Waals surface area contributed by atoms with E-state index in [1.165, 1.54) is 0 Å². The molecule has 1 fully saturated rings. The van der Waals surface area contributed by atoms with Crippen molar-refractivity contribution in [2.75, 3.05) is 12.3 Å². The molecule has 30 heavy (non-hydrogen) atoms. The topological polar surface area (TPSA) is 222 Å². The highest BCUT2D eigenvalue weighted by molar-refractivity contribution is 7.80. The molecule has 0 radical (unpaired) electrons. The van der Waals surface area contributed by atoms with Crippen molar-refractivity contribution >= 4 is 48.2 Å². The number of thiol groups is 1. The van der Waals surface area contributed by atoms with E-state index < -0.39 is 72.6 Å². The lowest BCUT2D eigenvalue weighted by Gasteiger charge is -2.28. The number of primary amides is 1. The number of nitrogens with zero attached hydrogens (tertiary/aromatic N) is 1. The molecular formula is C16H25N5O8S. The number of carboxylic acids is 2. The van der Waals surface area contributed by atoms with Gasteiger partial charge >= 0.3 is 11.9 Å². The van der Waals surface area contributed by atoms with Crippen LogP contribution in [0.15, 0.2) is 0 Å². The maximum atomic E-state index is 12.7. The van der Waals surface area contributed by atoms with Gasteiger partial charge in [0.15, 0.2) is 0 Å². The van der Waals surface area contributed by atoms with Crippen LogP contribution in [0, 0.1) is 0 Å². The molecule has 0 aromatic heterocycles. The molecule has 14 heteroatoms. The Kier molecular flexibility index (Phi) is 9.52. The number of carboxylic acid groups (broad SMARTS) is 2. The van der Waals surface area contributed by atoms with Crippen LogP contribution >= 0.6 is 12.6 Å². The highest BCUT2D eigenvalue weighted by atomic mass is 32.1. The van der Waals surface area contributed by atoms with Crippen LogP contribution in [-0.4, -0.2) is 87.1 Å². The fraction of sp³-hybridized carbons (Fsp3) is 0.625. The summed E-state index contributed by atoms with van der Waals surface area (Å²) in [6.07, 6.45) is -0.619. The molecule has 1 aliphatic heterocycles. The molecule has 168 valence electrons. The highest BCUT2D eigenvalue weighted by Crippen LogP contribution is 2.19. The lowest BCUT2D eigenvalue weighted by atomic mass is 10.1. The molecular weight excluding hydrogens is 422 g/mol. The summed E-state index contributed by atoms with van der Waals surface area (Å²) in [6, 6.07) is -5.26. The van der Waals surface area contributed by atoms with Gasteiger partial charge in [-0.3, -0.25) is 24.0 Å². The van der Waals surface area contributed by atoms with Gasteiger partial charge in [-0.05, 0) is 12.8 Å². The summed E-state index contributed by atoms with van der Waals surface area (Å²) in [7, 11) is 0. The third-order valence-electron chi connectivity index (χ3n) is 4.39. The first-order valence-electron chi connectivity index (χ1n) is 8.98. The number of amides is 4. The Morgan fingerprint density at radius 2 is 1.63 bits per heavy atom. The molecule has 1 aliphatic rings. The van der Waals surface area contributed by atoms with Crippen molar-refractivity contribution in [3.63, 3.8) is 0 Å². The number of rotatable bonds is 11. The monoisotopic (exact) mass is 447 g/mol. The number of carbonyl (C=O) groups excluding carboxylic acids is 4. The lowest BCUT2D eigenvalue weighted by molar-refractivity contribution is -0.150. The second kappa shape index (κ2) is 11.3. The third-order valence-corrected chi connectivity index (χ3v) is 4.75. The highest BCUT2D eigenvalue weighted by Gasteiger charge is 2.39. The van der Waals surface area contributed by atoms with Gasteiger partial charge in [-0.15, -0.1) is 0 Å². The Labute approximate surface area is 176 Å². The molecule has 0 spiro atoms. The van der Waals surface area contributed by atoms with E-state index in [0.29, 0.717) is 6.42 Å². The minimum atomic E-state index is -1.55. The van der Waals surface area contributed by atoms with Crippen LogP contribution in [0.25, 0.3) is 0 Å². The van der Waals surface area contributed by atoms with Gasteiger partial charge in [-0.1, -0.05) is 0 Å². The fourth-order valence-corrected chi connectivity index (χ4v) is 3.17. The van der Waals surface area contributed by atoms with E-state index in [1.54, 1.807) is 0 Å². The number of nitrogens with two attached hydrogens (primary N) is 2. The Morgan fingerprint density at radius 1 is 1.03 bits per heavy atom. The van der Waals surface area contributed by atoms with E-state index in [1.807, 2.05) is 0 Å². The van der Waals surface area contributed by atoms with Crippen LogP contribution in [0.4, 0.5) is 0 Å². The Bertz CT molecular complexity index is 718. The standard InChI is InChI=1S/C16H25N5O8S/c17-7(4-11(18)22)13(25)20-9(6-30)14(26)19-8(5-12(23)24)15(27)21-3-1-2-10(21)16(28)29/h7-10,30H,1-6,17H2,(H2,18,22)(H,19,26)(H,20,25)(H,23,24)(H,28,29). The first-order chi connectivity index (χ1) is 14.0. The molecule has 4 amide bonds. The minimum absolute atomic E-state index is 0.108. The molecule has 13 nitrogen and oxygen atoms in total.